The Morgan fingerprint density at radius 1 is 0.519 bits per heavy atom. The summed E-state index contributed by atoms with van der Waals surface area (Å²) in [7, 11) is 1.89. The summed E-state index contributed by atoms with van der Waals surface area (Å²) in [6.07, 6.45) is -38.0. The number of rotatable bonds is 13. The summed E-state index contributed by atoms with van der Waals surface area (Å²) >= 11 is 0. The van der Waals surface area contributed by atoms with Crippen molar-refractivity contribution in [2.75, 3.05) is 40.6 Å². The maximum absolute atomic E-state index is 12.6. The second kappa shape index (κ2) is 18.7. The molecule has 0 aliphatic carbocycles. The van der Waals surface area contributed by atoms with Gasteiger partial charge in [-0.25, -0.2) is 9.59 Å². The molecule has 0 amide bonds. The summed E-state index contributed by atoms with van der Waals surface area (Å²) in [4.78, 5) is 24.6. The van der Waals surface area contributed by atoms with E-state index in [1.54, 1.807) is 0 Å². The molecule has 0 radical (unpaired) electrons. The number of esters is 2. The molecule has 4 fully saturated rings. The van der Waals surface area contributed by atoms with Crippen LogP contribution in [0.4, 0.5) is 0 Å². The molecule has 4 heterocycles. The van der Waals surface area contributed by atoms with Gasteiger partial charge in [-0.3, -0.25) is 0 Å². The van der Waals surface area contributed by atoms with Crippen LogP contribution in [0.1, 0.15) is 0 Å². The lowest BCUT2D eigenvalue weighted by Crippen LogP contribution is -2.68. The van der Waals surface area contributed by atoms with Gasteiger partial charge in [0.05, 0.1) is 34.0 Å². The summed E-state index contributed by atoms with van der Waals surface area (Å²) in [6, 6.07) is 0. The lowest BCUT2D eigenvalue weighted by Gasteiger charge is -2.48. The molecule has 0 saturated carbocycles. The normalized spacial score (nSPS) is 47.1. The monoisotopic (exact) mass is 765 g/mol. The average molecular weight is 766 g/mol. The van der Waals surface area contributed by atoms with Crippen LogP contribution in [0.15, 0.2) is 0 Å². The first-order valence-corrected chi connectivity index (χ1v) is 16.0. The largest absolute Gasteiger partial charge is 0.467 e. The Hall–Kier alpha value is -1.86. The quantitative estimate of drug-likeness (QED) is 0.0774. The predicted octanol–water partition coefficient (Wildman–Crippen LogP) is -9.40. The molecular weight excluding hydrogens is 718 g/mol. The van der Waals surface area contributed by atoms with E-state index in [1.165, 1.54) is 0 Å². The second-order valence-corrected chi connectivity index (χ2v) is 12.2. The fourth-order valence-electron chi connectivity index (χ4n) is 6.03. The molecule has 20 unspecified atom stereocenters. The highest BCUT2D eigenvalue weighted by Gasteiger charge is 2.57. The summed E-state index contributed by atoms with van der Waals surface area (Å²) in [5, 5.41) is 116. The van der Waals surface area contributed by atoms with Crippen molar-refractivity contribution in [3.05, 3.63) is 0 Å². The SMILES string of the molecule is COC(=O)C1OC(OC2C(CO)OC(OC3C(O)C(OC4C(CO)OC(OCCN)C(O)C4O)OC(C(=O)OC)C3O)C(O)C2O)C(O)C(O)C1O. The molecular formula is C28H47NO23. The molecule has 302 valence electrons. The van der Waals surface area contributed by atoms with Crippen molar-refractivity contribution in [2.45, 2.75) is 123 Å². The zero-order valence-electron chi connectivity index (χ0n) is 27.8. The van der Waals surface area contributed by atoms with Crippen LogP contribution in [-0.2, 0) is 57.0 Å². The average Bonchev–Trinajstić information content (AvgIpc) is 3.14. The first-order chi connectivity index (χ1) is 24.6. The number of carbonyl (C=O) groups excluding carboxylic acids is 2. The van der Waals surface area contributed by atoms with Crippen molar-refractivity contribution in [2.24, 2.45) is 5.73 Å². The van der Waals surface area contributed by atoms with Crippen LogP contribution >= 0.6 is 0 Å². The Labute approximate surface area is 294 Å². The molecule has 0 spiro atoms. The maximum Gasteiger partial charge on any atom is 0.337 e. The number of nitrogens with two attached hydrogens (primary N) is 1. The van der Waals surface area contributed by atoms with Crippen molar-refractivity contribution < 1.29 is 113 Å². The number of aliphatic hydroxyl groups excluding tert-OH is 11. The van der Waals surface area contributed by atoms with Crippen molar-refractivity contribution in [1.29, 1.82) is 0 Å². The molecule has 0 aromatic carbocycles. The summed E-state index contributed by atoms with van der Waals surface area (Å²) < 4.78 is 52.9. The van der Waals surface area contributed by atoms with Gasteiger partial charge in [0, 0.05) is 6.54 Å². The Morgan fingerprint density at radius 2 is 0.923 bits per heavy atom. The number of hydrogen-bond acceptors (Lipinski definition) is 24. The second-order valence-electron chi connectivity index (χ2n) is 12.2. The van der Waals surface area contributed by atoms with Crippen molar-refractivity contribution in [1.82, 2.24) is 0 Å². The van der Waals surface area contributed by atoms with E-state index in [9.17, 15) is 65.8 Å². The molecule has 4 saturated heterocycles. The van der Waals surface area contributed by atoms with Gasteiger partial charge in [-0.05, 0) is 0 Å². The number of aliphatic hydroxyl groups is 11. The molecule has 13 N–H and O–H groups in total. The van der Waals surface area contributed by atoms with Crippen LogP contribution < -0.4 is 5.73 Å². The Bertz CT molecular complexity index is 1150. The zero-order chi connectivity index (χ0) is 38.6. The first-order valence-electron chi connectivity index (χ1n) is 16.0. The lowest BCUT2D eigenvalue weighted by molar-refractivity contribution is -0.385. The van der Waals surface area contributed by atoms with E-state index in [2.05, 4.69) is 9.47 Å². The van der Waals surface area contributed by atoms with E-state index in [0.29, 0.717) is 0 Å². The number of methoxy groups -OCH3 is 2. The van der Waals surface area contributed by atoms with Gasteiger partial charge < -0.3 is 109 Å². The lowest BCUT2D eigenvalue weighted by atomic mass is 9.95. The number of ether oxygens (including phenoxy) is 10. The maximum atomic E-state index is 12.6. The van der Waals surface area contributed by atoms with Crippen molar-refractivity contribution in [3.8, 4) is 0 Å². The molecule has 20 atom stereocenters. The smallest absolute Gasteiger partial charge is 0.337 e. The fourth-order valence-corrected chi connectivity index (χ4v) is 6.03. The Balaban J connectivity index is 1.52. The molecule has 52 heavy (non-hydrogen) atoms. The highest BCUT2D eigenvalue weighted by atomic mass is 16.8. The van der Waals surface area contributed by atoms with Crippen molar-refractivity contribution >= 4 is 11.9 Å². The highest BCUT2D eigenvalue weighted by molar-refractivity contribution is 5.76. The third kappa shape index (κ3) is 8.82. The summed E-state index contributed by atoms with van der Waals surface area (Å²) in [6.45, 7) is -1.87. The van der Waals surface area contributed by atoms with E-state index < -0.39 is 148 Å². The van der Waals surface area contributed by atoms with Gasteiger partial charge in [0.1, 0.15) is 85.5 Å². The Morgan fingerprint density at radius 3 is 1.40 bits per heavy atom. The minimum atomic E-state index is -2.16. The number of carbonyl (C=O) groups is 2. The van der Waals surface area contributed by atoms with Crippen LogP contribution in [0.5, 0.6) is 0 Å². The fraction of sp³-hybridized carbons (Fsp3) is 0.929. The van der Waals surface area contributed by atoms with Crippen molar-refractivity contribution in [3.63, 3.8) is 0 Å². The molecule has 4 rings (SSSR count). The highest BCUT2D eigenvalue weighted by Crippen LogP contribution is 2.35. The minimum absolute atomic E-state index is 0.0287. The van der Waals surface area contributed by atoms with E-state index in [0.717, 1.165) is 14.2 Å². The third-order valence-electron chi connectivity index (χ3n) is 8.89. The molecule has 24 nitrogen and oxygen atoms in total. The van der Waals surface area contributed by atoms with Gasteiger partial charge in [0.25, 0.3) is 0 Å². The molecule has 24 heteroatoms. The topological polar surface area (TPSA) is 375 Å². The van der Waals surface area contributed by atoms with E-state index in [1.807, 2.05) is 0 Å². The molecule has 4 aliphatic rings. The first kappa shape index (κ1) is 42.9. The van der Waals surface area contributed by atoms with Gasteiger partial charge in [0.15, 0.2) is 37.4 Å². The molecule has 4 aliphatic heterocycles. The van der Waals surface area contributed by atoms with Crippen LogP contribution in [0.25, 0.3) is 0 Å². The predicted molar refractivity (Wildman–Crippen MR) is 157 cm³/mol. The standard InChI is InChI=1S/C28H47NO23/c1-43-23(41)21-10(33)9(32)13(36)27(51-21)48-19-8(6-31)47-26(15(38)12(19)35)50-20-16(39)22(24(42)44-2)52-28(17(20)40)49-18-7(5-30)46-25(45-4-3-29)14(37)11(18)34/h7-22,25-28,30-40H,3-6,29H2,1-2H3. The van der Waals surface area contributed by atoms with Crippen LogP contribution in [0.2, 0.25) is 0 Å². The van der Waals surface area contributed by atoms with Gasteiger partial charge in [-0.15, -0.1) is 0 Å². The van der Waals surface area contributed by atoms with Gasteiger partial charge in [-0.2, -0.15) is 0 Å². The van der Waals surface area contributed by atoms with Crippen LogP contribution in [-0.4, -0.2) is 232 Å². The Kier molecular flexibility index (Phi) is 15.4. The molecule has 0 aromatic rings. The third-order valence-corrected chi connectivity index (χ3v) is 8.89. The van der Waals surface area contributed by atoms with Gasteiger partial charge >= 0.3 is 11.9 Å². The summed E-state index contributed by atoms with van der Waals surface area (Å²) in [5.41, 5.74) is 5.39. The molecule has 0 aromatic heterocycles. The van der Waals surface area contributed by atoms with E-state index >= 15 is 0 Å². The van der Waals surface area contributed by atoms with Crippen LogP contribution in [0, 0.1) is 0 Å². The van der Waals surface area contributed by atoms with E-state index in [-0.39, 0.29) is 13.2 Å². The van der Waals surface area contributed by atoms with Crippen LogP contribution in [0.3, 0.4) is 0 Å². The minimum Gasteiger partial charge on any atom is -0.467 e. The molecule has 0 bridgehead atoms. The zero-order valence-corrected chi connectivity index (χ0v) is 27.8. The van der Waals surface area contributed by atoms with Gasteiger partial charge in [-0.1, -0.05) is 0 Å². The number of hydrogen-bond donors (Lipinski definition) is 12. The van der Waals surface area contributed by atoms with E-state index in [4.69, 9.17) is 43.6 Å². The summed E-state index contributed by atoms with van der Waals surface area (Å²) in [5.74, 6) is -2.37. The van der Waals surface area contributed by atoms with Gasteiger partial charge in [0.2, 0.25) is 0 Å².